The van der Waals surface area contributed by atoms with E-state index in [1.54, 1.807) is 0 Å². The first-order chi connectivity index (χ1) is 9.09. The van der Waals surface area contributed by atoms with E-state index in [1.807, 2.05) is 11.8 Å². The predicted octanol–water partition coefficient (Wildman–Crippen LogP) is 1.80. The molecule has 1 aromatic carbocycles. The van der Waals surface area contributed by atoms with Crippen molar-refractivity contribution in [2.75, 3.05) is 17.2 Å². The number of para-hydroxylation sites is 1. The van der Waals surface area contributed by atoms with Gasteiger partial charge in [0, 0.05) is 12.1 Å². The van der Waals surface area contributed by atoms with E-state index in [0.717, 1.165) is 24.3 Å². The molecule has 0 radical (unpaired) electrons. The maximum absolute atomic E-state index is 12.1. The predicted molar refractivity (Wildman–Crippen MR) is 75.3 cm³/mol. The van der Waals surface area contributed by atoms with Crippen LogP contribution in [0.25, 0.3) is 0 Å². The van der Waals surface area contributed by atoms with Crippen LogP contribution in [-0.2, 0) is 0 Å². The minimum absolute atomic E-state index is 0.0739. The summed E-state index contributed by atoms with van der Waals surface area (Å²) in [5, 5.41) is 13.7. The van der Waals surface area contributed by atoms with E-state index in [-0.39, 0.29) is 28.9 Å². The number of carbonyl (C=O) groups excluding carboxylic acids is 1. The quantitative estimate of drug-likeness (QED) is 0.500. The summed E-state index contributed by atoms with van der Waals surface area (Å²) in [6.45, 7) is 0. The third-order valence-corrected chi connectivity index (χ3v) is 4.13. The van der Waals surface area contributed by atoms with Gasteiger partial charge in [-0.15, -0.1) is 0 Å². The second-order valence-electron chi connectivity index (χ2n) is 4.36. The summed E-state index contributed by atoms with van der Waals surface area (Å²) in [6.07, 6.45) is 1.84. The van der Waals surface area contributed by atoms with Crippen molar-refractivity contribution in [3.8, 4) is 0 Å². The molecule has 0 spiro atoms. The monoisotopic (exact) mass is 281 g/mol. The van der Waals surface area contributed by atoms with Gasteiger partial charge < -0.3 is 11.1 Å². The molecule has 1 aliphatic heterocycles. The van der Waals surface area contributed by atoms with Crippen LogP contribution in [0.5, 0.6) is 0 Å². The number of hydrogen-bond donors (Lipinski definition) is 2. The molecule has 1 amide bonds. The second kappa shape index (κ2) is 5.92. The van der Waals surface area contributed by atoms with Gasteiger partial charge in [-0.3, -0.25) is 14.9 Å². The third kappa shape index (κ3) is 3.17. The second-order valence-corrected chi connectivity index (χ2v) is 5.58. The molecule has 1 fully saturated rings. The smallest absolute Gasteiger partial charge is 0.292 e. The highest BCUT2D eigenvalue weighted by molar-refractivity contribution is 7.99. The van der Waals surface area contributed by atoms with Crippen molar-refractivity contribution in [1.29, 1.82) is 0 Å². The number of carbonyl (C=O) groups is 1. The van der Waals surface area contributed by atoms with Gasteiger partial charge in [-0.1, -0.05) is 6.07 Å². The summed E-state index contributed by atoms with van der Waals surface area (Å²) < 4.78 is 0. The summed E-state index contributed by atoms with van der Waals surface area (Å²) in [7, 11) is 0. The SMILES string of the molecule is Nc1c(C(=O)NC2CCSCC2)cccc1[N+](=O)[O-]. The molecule has 102 valence electrons. The molecule has 1 aromatic rings. The van der Waals surface area contributed by atoms with Gasteiger partial charge in [0.15, 0.2) is 0 Å². The highest BCUT2D eigenvalue weighted by atomic mass is 32.2. The standard InChI is InChI=1S/C12H15N3O3S/c13-11-9(2-1-3-10(11)15(17)18)12(16)14-8-4-6-19-7-5-8/h1-3,8H,4-7,13H2,(H,14,16). The van der Waals surface area contributed by atoms with Crippen molar-refractivity contribution in [2.24, 2.45) is 0 Å². The number of nitrogens with two attached hydrogens (primary N) is 1. The lowest BCUT2D eigenvalue weighted by atomic mass is 10.1. The summed E-state index contributed by atoms with van der Waals surface area (Å²) in [5.41, 5.74) is 5.55. The first-order valence-corrected chi connectivity index (χ1v) is 7.16. The number of nitrogens with one attached hydrogen (secondary N) is 1. The van der Waals surface area contributed by atoms with E-state index >= 15 is 0 Å². The van der Waals surface area contributed by atoms with Gasteiger partial charge in [0.25, 0.3) is 11.6 Å². The zero-order valence-corrected chi connectivity index (χ0v) is 11.1. The third-order valence-electron chi connectivity index (χ3n) is 3.08. The van der Waals surface area contributed by atoms with Crippen LogP contribution >= 0.6 is 11.8 Å². The molecule has 3 N–H and O–H groups in total. The minimum Gasteiger partial charge on any atom is -0.393 e. The Kier molecular flexibility index (Phi) is 4.26. The Bertz CT molecular complexity index is 501. The Balaban J connectivity index is 2.14. The number of benzene rings is 1. The van der Waals surface area contributed by atoms with Gasteiger partial charge >= 0.3 is 0 Å². The minimum atomic E-state index is -0.580. The van der Waals surface area contributed by atoms with Crippen LogP contribution in [0, 0.1) is 10.1 Å². The van der Waals surface area contributed by atoms with Gasteiger partial charge in [0.05, 0.1) is 10.5 Å². The Labute approximate surface area is 114 Å². The number of nitrogen functional groups attached to an aromatic ring is 1. The van der Waals surface area contributed by atoms with Crippen LogP contribution < -0.4 is 11.1 Å². The molecule has 7 heteroatoms. The number of hydrogen-bond acceptors (Lipinski definition) is 5. The van der Waals surface area contributed by atoms with Crippen molar-refractivity contribution in [2.45, 2.75) is 18.9 Å². The topological polar surface area (TPSA) is 98.3 Å². The van der Waals surface area contributed by atoms with Gasteiger partial charge in [-0.25, -0.2) is 0 Å². The number of amides is 1. The van der Waals surface area contributed by atoms with Crippen molar-refractivity contribution >= 4 is 29.0 Å². The molecule has 19 heavy (non-hydrogen) atoms. The molecular formula is C12H15N3O3S. The lowest BCUT2D eigenvalue weighted by Gasteiger charge is -2.22. The molecule has 0 bridgehead atoms. The average molecular weight is 281 g/mol. The molecule has 0 unspecified atom stereocenters. The Morgan fingerprint density at radius 3 is 2.74 bits per heavy atom. The highest BCUT2D eigenvalue weighted by Gasteiger charge is 2.22. The largest absolute Gasteiger partial charge is 0.393 e. The number of nitro benzene ring substituents is 1. The first-order valence-electron chi connectivity index (χ1n) is 6.01. The summed E-state index contributed by atoms with van der Waals surface area (Å²) >= 11 is 1.87. The number of anilines is 1. The van der Waals surface area contributed by atoms with E-state index in [0.29, 0.717) is 0 Å². The van der Waals surface area contributed by atoms with Crippen molar-refractivity contribution in [3.05, 3.63) is 33.9 Å². The van der Waals surface area contributed by atoms with E-state index < -0.39 is 4.92 Å². The van der Waals surface area contributed by atoms with E-state index in [2.05, 4.69) is 5.32 Å². The van der Waals surface area contributed by atoms with Crippen LogP contribution in [0.1, 0.15) is 23.2 Å². The fourth-order valence-corrected chi connectivity index (χ4v) is 3.12. The number of thioether (sulfide) groups is 1. The molecule has 0 saturated carbocycles. The van der Waals surface area contributed by atoms with Crippen molar-refractivity contribution in [1.82, 2.24) is 5.32 Å². The van der Waals surface area contributed by atoms with E-state index in [4.69, 9.17) is 5.73 Å². The normalized spacial score (nSPS) is 16.0. The van der Waals surface area contributed by atoms with Crippen molar-refractivity contribution < 1.29 is 9.72 Å². The Morgan fingerprint density at radius 1 is 1.42 bits per heavy atom. The highest BCUT2D eigenvalue weighted by Crippen LogP contribution is 2.25. The summed E-state index contributed by atoms with van der Waals surface area (Å²) in [6, 6.07) is 4.41. The van der Waals surface area contributed by atoms with Gasteiger partial charge in [-0.05, 0) is 30.4 Å². The van der Waals surface area contributed by atoms with Crippen LogP contribution in [-0.4, -0.2) is 28.4 Å². The zero-order chi connectivity index (χ0) is 13.8. The lowest BCUT2D eigenvalue weighted by molar-refractivity contribution is -0.383. The van der Waals surface area contributed by atoms with Crippen LogP contribution in [0.3, 0.4) is 0 Å². The maximum atomic E-state index is 12.1. The molecule has 1 saturated heterocycles. The molecule has 1 aliphatic rings. The molecule has 6 nitrogen and oxygen atoms in total. The lowest BCUT2D eigenvalue weighted by Crippen LogP contribution is -2.37. The molecule has 2 rings (SSSR count). The molecule has 0 aliphatic carbocycles. The maximum Gasteiger partial charge on any atom is 0.292 e. The van der Waals surface area contributed by atoms with Gasteiger partial charge in [0.2, 0.25) is 0 Å². The fourth-order valence-electron chi connectivity index (χ4n) is 2.02. The molecule has 0 atom stereocenters. The summed E-state index contributed by atoms with van der Waals surface area (Å²) in [5.74, 6) is 1.71. The summed E-state index contributed by atoms with van der Waals surface area (Å²) in [4.78, 5) is 22.3. The first kappa shape index (κ1) is 13.7. The van der Waals surface area contributed by atoms with Gasteiger partial charge in [-0.2, -0.15) is 11.8 Å². The van der Waals surface area contributed by atoms with Crippen LogP contribution in [0.2, 0.25) is 0 Å². The van der Waals surface area contributed by atoms with Crippen molar-refractivity contribution in [3.63, 3.8) is 0 Å². The zero-order valence-electron chi connectivity index (χ0n) is 10.3. The van der Waals surface area contributed by atoms with E-state index in [1.165, 1.54) is 18.2 Å². The van der Waals surface area contributed by atoms with Crippen LogP contribution in [0.15, 0.2) is 18.2 Å². The Morgan fingerprint density at radius 2 is 2.11 bits per heavy atom. The fraction of sp³-hybridized carbons (Fsp3) is 0.417. The number of nitrogens with zero attached hydrogens (tertiary/aromatic N) is 1. The van der Waals surface area contributed by atoms with E-state index in [9.17, 15) is 14.9 Å². The number of nitro groups is 1. The van der Waals surface area contributed by atoms with Crippen LogP contribution in [0.4, 0.5) is 11.4 Å². The average Bonchev–Trinajstić information content (AvgIpc) is 2.39. The number of rotatable bonds is 3. The molecule has 1 heterocycles. The molecule has 0 aromatic heterocycles. The molecular weight excluding hydrogens is 266 g/mol. The van der Waals surface area contributed by atoms with Gasteiger partial charge in [0.1, 0.15) is 5.69 Å². The Hall–Kier alpha value is -1.76.